The van der Waals surface area contributed by atoms with Crippen LogP contribution >= 0.6 is 0 Å². The topological polar surface area (TPSA) is 66.9 Å². The molecule has 3 rings (SSSR count). The first-order valence-electron chi connectivity index (χ1n) is 8.52. The van der Waals surface area contributed by atoms with Crippen molar-refractivity contribution in [1.82, 2.24) is 15.3 Å². The zero-order valence-corrected chi connectivity index (χ0v) is 15.0. The lowest BCUT2D eigenvalue weighted by molar-refractivity contribution is 0.0949. The Morgan fingerprint density at radius 3 is 2.36 bits per heavy atom. The van der Waals surface area contributed by atoms with Gasteiger partial charge in [0, 0.05) is 12.2 Å². The van der Waals surface area contributed by atoms with Crippen LogP contribution in [0.15, 0.2) is 48.5 Å². The van der Waals surface area contributed by atoms with E-state index >= 15 is 0 Å². The van der Waals surface area contributed by atoms with Gasteiger partial charge in [-0.05, 0) is 43.2 Å². The first-order chi connectivity index (χ1) is 13.4. The second kappa shape index (κ2) is 8.51. The number of nitrogens with zero attached hydrogens (tertiary/aromatic N) is 2. The second-order valence-corrected chi connectivity index (χ2v) is 6.04. The Labute approximate surface area is 159 Å². The predicted molar refractivity (Wildman–Crippen MR) is 98.8 cm³/mol. The zero-order chi connectivity index (χ0) is 20.1. The van der Waals surface area contributed by atoms with Crippen LogP contribution in [0.5, 0.6) is 0 Å². The molecule has 0 aliphatic carbocycles. The fraction of sp³-hybridized carbons (Fsp3) is 0.150. The summed E-state index contributed by atoms with van der Waals surface area (Å²) in [4.78, 5) is 20.4. The Morgan fingerprint density at radius 1 is 0.964 bits per heavy atom. The molecule has 1 aromatic heterocycles. The van der Waals surface area contributed by atoms with Crippen LogP contribution in [0.2, 0.25) is 0 Å². The molecule has 0 fully saturated rings. The van der Waals surface area contributed by atoms with Gasteiger partial charge in [0.15, 0.2) is 0 Å². The highest BCUT2D eigenvalue weighted by Crippen LogP contribution is 2.21. The quantitative estimate of drug-likeness (QED) is 0.674. The van der Waals surface area contributed by atoms with Crippen molar-refractivity contribution in [3.63, 3.8) is 0 Å². The molecule has 0 unspecified atom stereocenters. The number of aryl methyl sites for hydroxylation is 1. The maximum Gasteiger partial charge on any atom is 0.270 e. The molecule has 1 heterocycles. The molecule has 5 nitrogen and oxygen atoms in total. The summed E-state index contributed by atoms with van der Waals surface area (Å²) in [6.45, 7) is 1.83. The summed E-state index contributed by atoms with van der Waals surface area (Å²) < 4.78 is 41.2. The monoisotopic (exact) mass is 386 g/mol. The summed E-state index contributed by atoms with van der Waals surface area (Å²) >= 11 is 0. The van der Waals surface area contributed by atoms with Crippen LogP contribution in [0.4, 0.5) is 24.8 Å². The normalized spacial score (nSPS) is 10.6. The maximum atomic E-state index is 13.8. The number of amides is 1. The molecule has 0 aliphatic heterocycles. The van der Waals surface area contributed by atoms with Crippen molar-refractivity contribution in [2.24, 2.45) is 0 Å². The molecule has 0 aliphatic rings. The van der Waals surface area contributed by atoms with E-state index in [4.69, 9.17) is 0 Å². The van der Waals surface area contributed by atoms with Crippen molar-refractivity contribution in [3.8, 4) is 0 Å². The van der Waals surface area contributed by atoms with E-state index in [1.54, 1.807) is 25.1 Å². The van der Waals surface area contributed by atoms with Gasteiger partial charge in [0.25, 0.3) is 5.91 Å². The third-order valence-electron chi connectivity index (χ3n) is 3.92. The molecule has 0 radical (unpaired) electrons. The Morgan fingerprint density at radius 2 is 1.64 bits per heavy atom. The lowest BCUT2D eigenvalue weighted by atomic mass is 10.1. The fourth-order valence-electron chi connectivity index (χ4n) is 2.57. The van der Waals surface area contributed by atoms with Gasteiger partial charge in [-0.3, -0.25) is 4.79 Å². The number of benzene rings is 2. The van der Waals surface area contributed by atoms with E-state index in [2.05, 4.69) is 20.6 Å². The number of para-hydroxylation sites is 1. The van der Waals surface area contributed by atoms with E-state index in [-0.39, 0.29) is 24.0 Å². The Bertz CT molecular complexity index is 990. The Kier molecular flexibility index (Phi) is 5.88. The minimum Gasteiger partial charge on any atom is -0.350 e. The number of rotatable bonds is 6. The van der Waals surface area contributed by atoms with E-state index in [0.29, 0.717) is 17.7 Å². The molecule has 0 spiro atoms. The zero-order valence-electron chi connectivity index (χ0n) is 15.0. The number of hydrogen-bond acceptors (Lipinski definition) is 4. The summed E-state index contributed by atoms with van der Waals surface area (Å²) in [6.07, 6.45) is 0.314. The molecular formula is C20H17F3N4O. The average molecular weight is 386 g/mol. The number of carbonyl (C=O) groups excluding carboxylic acids is 1. The van der Waals surface area contributed by atoms with Gasteiger partial charge in [-0.1, -0.05) is 24.3 Å². The van der Waals surface area contributed by atoms with Crippen LogP contribution in [0, 0.1) is 24.4 Å². The molecule has 0 saturated heterocycles. The number of halogens is 3. The van der Waals surface area contributed by atoms with Crippen LogP contribution < -0.4 is 10.6 Å². The van der Waals surface area contributed by atoms with Crippen molar-refractivity contribution in [1.29, 1.82) is 0 Å². The van der Waals surface area contributed by atoms with Crippen molar-refractivity contribution in [2.75, 3.05) is 11.9 Å². The third-order valence-corrected chi connectivity index (χ3v) is 3.92. The minimum absolute atomic E-state index is 0.0280. The summed E-state index contributed by atoms with van der Waals surface area (Å²) in [5, 5.41) is 5.11. The highest BCUT2D eigenvalue weighted by molar-refractivity contribution is 5.92. The van der Waals surface area contributed by atoms with E-state index < -0.39 is 23.2 Å². The molecule has 0 atom stereocenters. The third kappa shape index (κ3) is 4.64. The molecule has 2 aromatic carbocycles. The Balaban J connectivity index is 1.70. The first-order valence-corrected chi connectivity index (χ1v) is 8.52. The van der Waals surface area contributed by atoms with E-state index in [9.17, 15) is 18.0 Å². The van der Waals surface area contributed by atoms with Crippen molar-refractivity contribution in [3.05, 3.63) is 82.9 Å². The fourth-order valence-corrected chi connectivity index (χ4v) is 2.57. The van der Waals surface area contributed by atoms with Crippen LogP contribution in [0.1, 0.15) is 21.7 Å². The predicted octanol–water partition coefficient (Wildman–Crippen LogP) is 3.92. The number of hydrogen-bond donors (Lipinski definition) is 2. The number of aromatic nitrogens is 2. The van der Waals surface area contributed by atoms with Gasteiger partial charge in [0.05, 0.1) is 0 Å². The minimum atomic E-state index is -0.805. The molecule has 8 heteroatoms. The molecule has 3 aromatic rings. The number of anilines is 2. The SMILES string of the molecule is Cc1cc(C(=O)NCCc2ccccc2F)nc(Nc2c(F)cccc2F)n1. The Hall–Kier alpha value is -3.42. The van der Waals surface area contributed by atoms with Crippen molar-refractivity contribution < 1.29 is 18.0 Å². The maximum absolute atomic E-state index is 13.8. The van der Waals surface area contributed by atoms with Gasteiger partial charge in [-0.2, -0.15) is 0 Å². The van der Waals surface area contributed by atoms with Crippen LogP contribution in [0.25, 0.3) is 0 Å². The molecule has 144 valence electrons. The number of carbonyl (C=O) groups is 1. The highest BCUT2D eigenvalue weighted by Gasteiger charge is 2.14. The largest absolute Gasteiger partial charge is 0.350 e. The lowest BCUT2D eigenvalue weighted by Crippen LogP contribution is -2.27. The highest BCUT2D eigenvalue weighted by atomic mass is 19.1. The molecule has 28 heavy (non-hydrogen) atoms. The van der Waals surface area contributed by atoms with Gasteiger partial charge in [0.1, 0.15) is 28.8 Å². The summed E-state index contributed by atoms with van der Waals surface area (Å²) in [7, 11) is 0. The van der Waals surface area contributed by atoms with Gasteiger partial charge in [-0.15, -0.1) is 0 Å². The first kappa shape index (κ1) is 19.3. The average Bonchev–Trinajstić information content (AvgIpc) is 2.66. The molecule has 1 amide bonds. The van der Waals surface area contributed by atoms with Gasteiger partial charge >= 0.3 is 0 Å². The summed E-state index contributed by atoms with van der Waals surface area (Å²) in [5.74, 6) is -2.56. The van der Waals surface area contributed by atoms with Gasteiger partial charge in [-0.25, -0.2) is 23.1 Å². The van der Waals surface area contributed by atoms with Gasteiger partial charge in [0.2, 0.25) is 5.95 Å². The van der Waals surface area contributed by atoms with Crippen LogP contribution in [-0.2, 0) is 6.42 Å². The molecular weight excluding hydrogens is 369 g/mol. The van der Waals surface area contributed by atoms with Crippen LogP contribution in [0.3, 0.4) is 0 Å². The molecule has 0 saturated carbocycles. The van der Waals surface area contributed by atoms with E-state index in [0.717, 1.165) is 12.1 Å². The molecule has 0 bridgehead atoms. The standard InChI is InChI=1S/C20H17F3N4O/c1-12-11-17(19(28)24-10-9-13-5-2-3-6-14(13)21)26-20(25-12)27-18-15(22)7-4-8-16(18)23/h2-8,11H,9-10H2,1H3,(H,24,28)(H,25,26,27). The summed E-state index contributed by atoms with van der Waals surface area (Å²) in [6, 6.07) is 11.2. The molecule has 2 N–H and O–H groups in total. The second-order valence-electron chi connectivity index (χ2n) is 6.04. The van der Waals surface area contributed by atoms with E-state index in [1.165, 1.54) is 18.2 Å². The van der Waals surface area contributed by atoms with Gasteiger partial charge < -0.3 is 10.6 Å². The lowest BCUT2D eigenvalue weighted by Gasteiger charge is -2.10. The van der Waals surface area contributed by atoms with Crippen molar-refractivity contribution in [2.45, 2.75) is 13.3 Å². The number of nitrogens with one attached hydrogen (secondary N) is 2. The van der Waals surface area contributed by atoms with Crippen LogP contribution in [-0.4, -0.2) is 22.4 Å². The smallest absolute Gasteiger partial charge is 0.270 e. The van der Waals surface area contributed by atoms with E-state index in [1.807, 2.05) is 0 Å². The summed E-state index contributed by atoms with van der Waals surface area (Å²) in [5.41, 5.74) is 0.548. The van der Waals surface area contributed by atoms with Crippen molar-refractivity contribution >= 4 is 17.5 Å².